The lowest BCUT2D eigenvalue weighted by Gasteiger charge is -2.08. The second-order valence-electron chi connectivity index (χ2n) is 4.23. The van der Waals surface area contributed by atoms with Crippen LogP contribution in [0.2, 0.25) is 0 Å². The minimum absolute atomic E-state index is 0.0964. The molecule has 1 aromatic heterocycles. The van der Waals surface area contributed by atoms with E-state index in [4.69, 9.17) is 5.73 Å². The number of nitrogens with two attached hydrogens (primary N) is 1. The Bertz CT molecular complexity index is 711. The molecule has 2 aromatic rings. The Morgan fingerprint density at radius 3 is 2.60 bits per heavy atom. The third-order valence-electron chi connectivity index (χ3n) is 2.77. The molecule has 0 aliphatic carbocycles. The number of hydrogen-bond acceptors (Lipinski definition) is 4. The summed E-state index contributed by atoms with van der Waals surface area (Å²) in [6, 6.07) is 8.74. The summed E-state index contributed by atoms with van der Waals surface area (Å²) in [5.41, 5.74) is 5.97. The summed E-state index contributed by atoms with van der Waals surface area (Å²) in [6.07, 6.45) is 0.954. The van der Waals surface area contributed by atoms with Crippen LogP contribution in [0.4, 0.5) is 5.69 Å². The third kappa shape index (κ3) is 3.60. The Balaban J connectivity index is 2.17. The minimum Gasteiger partial charge on any atom is -0.398 e. The highest BCUT2D eigenvalue weighted by Crippen LogP contribution is 2.23. The lowest BCUT2D eigenvalue weighted by Crippen LogP contribution is -2.23. The van der Waals surface area contributed by atoms with Crippen molar-refractivity contribution in [3.05, 3.63) is 44.6 Å². The number of nitrogens with one attached hydrogen (secondary N) is 1. The molecule has 1 aromatic carbocycles. The zero-order valence-electron chi connectivity index (χ0n) is 10.9. The van der Waals surface area contributed by atoms with E-state index in [9.17, 15) is 8.42 Å². The van der Waals surface area contributed by atoms with Crippen molar-refractivity contribution >= 4 is 43.0 Å². The first-order valence-corrected chi connectivity index (χ1v) is 9.14. The van der Waals surface area contributed by atoms with Crippen molar-refractivity contribution in [2.24, 2.45) is 0 Å². The van der Waals surface area contributed by atoms with Gasteiger partial charge in [-0.05, 0) is 36.8 Å². The van der Waals surface area contributed by atoms with Crippen LogP contribution in [0.3, 0.4) is 0 Å². The Morgan fingerprint density at radius 1 is 1.25 bits per heavy atom. The van der Waals surface area contributed by atoms with Crippen molar-refractivity contribution in [1.29, 1.82) is 0 Å². The Kier molecular flexibility index (Phi) is 4.85. The number of halogens is 1. The van der Waals surface area contributed by atoms with Gasteiger partial charge in [-0.1, -0.05) is 22.9 Å². The second-order valence-corrected chi connectivity index (χ2v) is 8.13. The number of sulfonamides is 1. The summed E-state index contributed by atoms with van der Waals surface area (Å²) in [7, 11) is -3.61. The molecule has 4 nitrogen and oxygen atoms in total. The molecule has 0 aliphatic rings. The molecule has 0 spiro atoms. The van der Waals surface area contributed by atoms with Crippen LogP contribution in [0, 0.1) is 0 Å². The van der Waals surface area contributed by atoms with E-state index in [0.29, 0.717) is 4.47 Å². The van der Waals surface area contributed by atoms with Crippen molar-refractivity contribution in [2.75, 3.05) is 5.73 Å². The van der Waals surface area contributed by atoms with Gasteiger partial charge in [-0.2, -0.15) is 0 Å². The lowest BCUT2D eigenvalue weighted by molar-refractivity contribution is 0.582. The first kappa shape index (κ1) is 15.5. The van der Waals surface area contributed by atoms with Gasteiger partial charge in [0.1, 0.15) is 4.90 Å². The van der Waals surface area contributed by atoms with Crippen LogP contribution in [-0.2, 0) is 23.0 Å². The van der Waals surface area contributed by atoms with E-state index in [1.165, 1.54) is 10.9 Å². The summed E-state index contributed by atoms with van der Waals surface area (Å²) in [5.74, 6) is 0. The van der Waals surface area contributed by atoms with Crippen LogP contribution in [0.25, 0.3) is 0 Å². The van der Waals surface area contributed by atoms with Crippen molar-refractivity contribution in [2.45, 2.75) is 24.8 Å². The highest BCUT2D eigenvalue weighted by Gasteiger charge is 2.17. The van der Waals surface area contributed by atoms with Crippen LogP contribution >= 0.6 is 27.3 Å². The zero-order valence-corrected chi connectivity index (χ0v) is 14.1. The summed E-state index contributed by atoms with van der Waals surface area (Å²) >= 11 is 4.86. The van der Waals surface area contributed by atoms with Gasteiger partial charge in [0.25, 0.3) is 0 Å². The molecule has 2 rings (SSSR count). The van der Waals surface area contributed by atoms with Gasteiger partial charge in [-0.25, -0.2) is 13.1 Å². The highest BCUT2D eigenvalue weighted by molar-refractivity contribution is 9.10. The Labute approximate surface area is 131 Å². The topological polar surface area (TPSA) is 72.2 Å². The smallest absolute Gasteiger partial charge is 0.242 e. The molecule has 0 atom stereocenters. The van der Waals surface area contributed by atoms with E-state index < -0.39 is 10.0 Å². The van der Waals surface area contributed by atoms with E-state index in [0.717, 1.165) is 11.3 Å². The summed E-state index contributed by atoms with van der Waals surface area (Å²) < 4.78 is 27.8. The van der Waals surface area contributed by atoms with Gasteiger partial charge >= 0.3 is 0 Å². The average Bonchev–Trinajstić information content (AvgIpc) is 2.87. The molecule has 0 bridgehead atoms. The van der Waals surface area contributed by atoms with Gasteiger partial charge in [-0.15, -0.1) is 11.3 Å². The van der Waals surface area contributed by atoms with E-state index in [2.05, 4.69) is 27.6 Å². The molecule has 7 heteroatoms. The number of anilines is 1. The van der Waals surface area contributed by atoms with E-state index in [1.807, 2.05) is 12.1 Å². The molecule has 108 valence electrons. The highest BCUT2D eigenvalue weighted by atomic mass is 79.9. The summed E-state index contributed by atoms with van der Waals surface area (Å²) in [4.78, 5) is 2.32. The molecule has 0 aliphatic heterocycles. The fraction of sp³-hybridized carbons (Fsp3) is 0.231. The molecular formula is C13H15BrN2O2S2. The third-order valence-corrected chi connectivity index (χ3v) is 5.95. The number of aryl methyl sites for hydroxylation is 1. The number of rotatable bonds is 5. The van der Waals surface area contributed by atoms with Crippen LogP contribution in [0.1, 0.15) is 16.7 Å². The number of benzene rings is 1. The predicted octanol–water partition coefficient (Wildman–Crippen LogP) is 3.13. The fourth-order valence-corrected chi connectivity index (χ4v) is 4.36. The molecule has 20 heavy (non-hydrogen) atoms. The van der Waals surface area contributed by atoms with Crippen LogP contribution < -0.4 is 10.5 Å². The normalized spacial score (nSPS) is 11.7. The summed E-state index contributed by atoms with van der Waals surface area (Å²) in [5, 5.41) is 0. The van der Waals surface area contributed by atoms with E-state index >= 15 is 0 Å². The molecule has 3 N–H and O–H groups in total. The van der Waals surface area contributed by atoms with Crippen molar-refractivity contribution in [1.82, 2.24) is 4.72 Å². The number of thiophene rings is 1. The van der Waals surface area contributed by atoms with Gasteiger partial charge in [0.15, 0.2) is 0 Å². The molecule has 1 heterocycles. The molecule has 0 radical (unpaired) electrons. The fourth-order valence-electron chi connectivity index (χ4n) is 1.69. The molecule has 0 fully saturated rings. The Hall–Kier alpha value is -0.890. The molecule has 0 amide bonds. The monoisotopic (exact) mass is 374 g/mol. The Morgan fingerprint density at radius 2 is 1.95 bits per heavy atom. The SMILES string of the molecule is CCc1ccc(CNS(=O)(=O)c2cc(Br)ccc2N)s1. The van der Waals surface area contributed by atoms with E-state index in [-0.39, 0.29) is 17.1 Å². The molecule has 0 saturated heterocycles. The zero-order chi connectivity index (χ0) is 14.8. The molecule has 0 unspecified atom stereocenters. The van der Waals surface area contributed by atoms with Crippen LogP contribution in [-0.4, -0.2) is 8.42 Å². The van der Waals surface area contributed by atoms with Gasteiger partial charge in [0.05, 0.1) is 5.69 Å². The van der Waals surface area contributed by atoms with Gasteiger partial charge < -0.3 is 5.73 Å². The predicted molar refractivity (Wildman–Crippen MR) is 86.3 cm³/mol. The lowest BCUT2D eigenvalue weighted by atomic mass is 10.3. The maximum absolute atomic E-state index is 12.2. The van der Waals surface area contributed by atoms with Crippen molar-refractivity contribution in [3.8, 4) is 0 Å². The van der Waals surface area contributed by atoms with Gasteiger partial charge in [0.2, 0.25) is 10.0 Å². The van der Waals surface area contributed by atoms with Crippen LogP contribution in [0.5, 0.6) is 0 Å². The van der Waals surface area contributed by atoms with Crippen molar-refractivity contribution in [3.63, 3.8) is 0 Å². The molecule has 0 saturated carbocycles. The first-order valence-electron chi connectivity index (χ1n) is 6.04. The molecular weight excluding hydrogens is 360 g/mol. The first-order chi connectivity index (χ1) is 9.42. The van der Waals surface area contributed by atoms with Gasteiger partial charge in [0, 0.05) is 20.8 Å². The summed E-state index contributed by atoms with van der Waals surface area (Å²) in [6.45, 7) is 2.35. The quantitative estimate of drug-likeness (QED) is 0.789. The van der Waals surface area contributed by atoms with Crippen molar-refractivity contribution < 1.29 is 8.42 Å². The van der Waals surface area contributed by atoms with Crippen LogP contribution in [0.15, 0.2) is 39.7 Å². The van der Waals surface area contributed by atoms with Gasteiger partial charge in [-0.3, -0.25) is 0 Å². The van der Waals surface area contributed by atoms with E-state index in [1.54, 1.807) is 23.5 Å². The standard InChI is InChI=1S/C13H15BrN2O2S2/c1-2-10-4-5-11(19-10)8-16-20(17,18)13-7-9(14)3-6-12(13)15/h3-7,16H,2,8,15H2,1H3. The largest absolute Gasteiger partial charge is 0.398 e. The maximum atomic E-state index is 12.2. The number of nitrogen functional groups attached to an aromatic ring is 1. The second kappa shape index (κ2) is 6.26. The average molecular weight is 375 g/mol. The number of hydrogen-bond donors (Lipinski definition) is 2. The minimum atomic E-state index is -3.61. The maximum Gasteiger partial charge on any atom is 0.242 e.